The fourth-order valence-electron chi connectivity index (χ4n) is 4.84. The highest BCUT2D eigenvalue weighted by molar-refractivity contribution is 5.79. The Kier molecular flexibility index (Phi) is 4.83. The van der Waals surface area contributed by atoms with E-state index in [0.717, 1.165) is 58.4 Å². The summed E-state index contributed by atoms with van der Waals surface area (Å²) >= 11 is 0. The molecule has 0 spiro atoms. The summed E-state index contributed by atoms with van der Waals surface area (Å²) in [5, 5.41) is 11.1. The van der Waals surface area contributed by atoms with Crippen molar-refractivity contribution >= 4 is 5.91 Å². The molecule has 3 aliphatic rings. The van der Waals surface area contributed by atoms with Gasteiger partial charge in [-0.15, -0.1) is 0 Å². The lowest BCUT2D eigenvalue weighted by Gasteiger charge is -2.51. The Labute approximate surface area is 157 Å². The Bertz CT molecular complexity index is 685. The summed E-state index contributed by atoms with van der Waals surface area (Å²) in [7, 11) is 0. The lowest BCUT2D eigenvalue weighted by Crippen LogP contribution is -2.61. The van der Waals surface area contributed by atoms with Gasteiger partial charge in [0, 0.05) is 44.6 Å². The van der Waals surface area contributed by atoms with E-state index in [1.807, 2.05) is 4.90 Å². The van der Waals surface area contributed by atoms with E-state index in [4.69, 9.17) is 0 Å². The van der Waals surface area contributed by atoms with Crippen molar-refractivity contribution in [1.82, 2.24) is 9.80 Å². The number of hydrogen-bond acceptors (Lipinski definition) is 3. The van der Waals surface area contributed by atoms with Gasteiger partial charge in [-0.1, -0.05) is 30.2 Å². The zero-order valence-corrected chi connectivity index (χ0v) is 16.2. The van der Waals surface area contributed by atoms with Gasteiger partial charge in [-0.05, 0) is 50.7 Å². The Balaban J connectivity index is 1.42. The molecule has 1 aliphatic carbocycles. The molecule has 4 heteroatoms. The van der Waals surface area contributed by atoms with Crippen molar-refractivity contribution in [2.45, 2.75) is 58.1 Å². The smallest absolute Gasteiger partial charge is 0.225 e. The number of aliphatic hydroxyl groups is 1. The van der Waals surface area contributed by atoms with Crippen LogP contribution >= 0.6 is 0 Å². The van der Waals surface area contributed by atoms with Crippen molar-refractivity contribution in [1.29, 1.82) is 0 Å². The van der Waals surface area contributed by atoms with E-state index in [0.29, 0.717) is 5.91 Å². The molecule has 0 unspecified atom stereocenters. The molecule has 1 saturated carbocycles. The van der Waals surface area contributed by atoms with Gasteiger partial charge in [0.1, 0.15) is 0 Å². The first kappa shape index (κ1) is 18.0. The average molecular weight is 357 g/mol. The van der Waals surface area contributed by atoms with E-state index in [9.17, 15) is 9.90 Å². The predicted octanol–water partition coefficient (Wildman–Crippen LogP) is 2.89. The van der Waals surface area contributed by atoms with E-state index in [1.165, 1.54) is 23.1 Å². The van der Waals surface area contributed by atoms with Gasteiger partial charge in [-0.3, -0.25) is 9.69 Å². The number of carbonyl (C=O) groups excluding carboxylic acids is 1. The molecule has 4 nitrogen and oxygen atoms in total. The minimum Gasteiger partial charge on any atom is -0.389 e. The largest absolute Gasteiger partial charge is 0.389 e. The molecular weight excluding hydrogens is 324 g/mol. The molecule has 2 atom stereocenters. The maximum absolute atomic E-state index is 12.6. The highest BCUT2D eigenvalue weighted by atomic mass is 16.3. The number of likely N-dealkylation sites (tertiary alicyclic amines) is 2. The van der Waals surface area contributed by atoms with Crippen LogP contribution in [0.2, 0.25) is 0 Å². The second-order valence-electron chi connectivity index (χ2n) is 8.88. The number of aryl methyl sites for hydroxylation is 2. The molecule has 2 heterocycles. The van der Waals surface area contributed by atoms with E-state index < -0.39 is 5.60 Å². The maximum atomic E-state index is 12.6. The van der Waals surface area contributed by atoms with Gasteiger partial charge in [0.25, 0.3) is 0 Å². The normalized spacial score (nSPS) is 30.0. The third kappa shape index (κ3) is 3.41. The molecule has 2 aliphatic heterocycles. The van der Waals surface area contributed by atoms with Crippen molar-refractivity contribution in [3.63, 3.8) is 0 Å². The van der Waals surface area contributed by atoms with E-state index >= 15 is 0 Å². The topological polar surface area (TPSA) is 43.8 Å². The fraction of sp³-hybridized carbons (Fsp3) is 0.682. The van der Waals surface area contributed by atoms with Gasteiger partial charge in [0.05, 0.1) is 5.60 Å². The Morgan fingerprint density at radius 1 is 1.19 bits per heavy atom. The molecule has 142 valence electrons. The summed E-state index contributed by atoms with van der Waals surface area (Å²) in [4.78, 5) is 17.2. The number of carbonyl (C=O) groups is 1. The molecule has 3 fully saturated rings. The second-order valence-corrected chi connectivity index (χ2v) is 8.88. The first-order valence-corrected chi connectivity index (χ1v) is 10.2. The van der Waals surface area contributed by atoms with Crippen LogP contribution in [0.15, 0.2) is 18.2 Å². The number of nitrogens with zero attached hydrogens (tertiary/aromatic N) is 2. The van der Waals surface area contributed by atoms with Crippen LogP contribution in [-0.4, -0.2) is 52.6 Å². The van der Waals surface area contributed by atoms with Gasteiger partial charge < -0.3 is 10.0 Å². The zero-order chi connectivity index (χ0) is 18.3. The fourth-order valence-corrected chi connectivity index (χ4v) is 4.84. The number of hydrogen-bond donors (Lipinski definition) is 1. The number of piperidine rings is 2. The lowest BCUT2D eigenvalue weighted by molar-refractivity contribution is -0.153. The van der Waals surface area contributed by atoms with Crippen LogP contribution < -0.4 is 0 Å². The molecule has 1 aromatic rings. The molecular formula is C22H32N2O2. The van der Waals surface area contributed by atoms with Crippen LogP contribution in [0.25, 0.3) is 0 Å². The van der Waals surface area contributed by atoms with Crippen molar-refractivity contribution < 1.29 is 9.90 Å². The average Bonchev–Trinajstić information content (AvgIpc) is 2.56. The predicted molar refractivity (Wildman–Crippen MR) is 103 cm³/mol. The molecule has 1 aromatic carbocycles. The molecule has 0 radical (unpaired) electrons. The molecule has 0 aromatic heterocycles. The van der Waals surface area contributed by atoms with E-state index in [2.05, 4.69) is 36.9 Å². The first-order chi connectivity index (χ1) is 12.4. The van der Waals surface area contributed by atoms with Crippen molar-refractivity contribution in [2.75, 3.05) is 26.2 Å². The number of fused-ring (bicyclic) bond motifs is 1. The third-order valence-electron chi connectivity index (χ3n) is 7.02. The summed E-state index contributed by atoms with van der Waals surface area (Å²) in [5.74, 6) is 0.778. The van der Waals surface area contributed by atoms with E-state index in [-0.39, 0.29) is 11.8 Å². The van der Waals surface area contributed by atoms with E-state index in [1.54, 1.807) is 0 Å². The van der Waals surface area contributed by atoms with Crippen LogP contribution in [0, 0.1) is 25.7 Å². The molecule has 0 bridgehead atoms. The summed E-state index contributed by atoms with van der Waals surface area (Å²) in [6.45, 7) is 8.55. The molecule has 2 saturated heterocycles. The van der Waals surface area contributed by atoms with Gasteiger partial charge >= 0.3 is 0 Å². The number of rotatable bonds is 3. The van der Waals surface area contributed by atoms with Crippen LogP contribution in [0.1, 0.15) is 48.8 Å². The van der Waals surface area contributed by atoms with Crippen molar-refractivity contribution in [3.05, 3.63) is 34.9 Å². The minimum atomic E-state index is -0.575. The van der Waals surface area contributed by atoms with Gasteiger partial charge in [0.15, 0.2) is 0 Å². The second kappa shape index (κ2) is 6.97. The quantitative estimate of drug-likeness (QED) is 0.906. The van der Waals surface area contributed by atoms with Crippen LogP contribution in [-0.2, 0) is 11.3 Å². The van der Waals surface area contributed by atoms with Gasteiger partial charge in [-0.25, -0.2) is 0 Å². The van der Waals surface area contributed by atoms with Crippen molar-refractivity contribution in [2.24, 2.45) is 11.8 Å². The van der Waals surface area contributed by atoms with Crippen LogP contribution in [0.4, 0.5) is 0 Å². The molecule has 26 heavy (non-hydrogen) atoms. The molecule has 4 rings (SSSR count). The highest BCUT2D eigenvalue weighted by Crippen LogP contribution is 2.38. The third-order valence-corrected chi connectivity index (χ3v) is 7.02. The Morgan fingerprint density at radius 3 is 2.69 bits per heavy atom. The standard InChI is InChI=1S/C22H32N2O2/c1-16-6-7-17(2)19(12-16)13-23-10-8-22(26)9-11-24(15-20(22)14-23)21(25)18-4-3-5-18/h6-7,12,18,20,26H,3-5,8-11,13-15H2,1-2H3/t20-,22-/m0/s1. The number of amides is 1. The monoisotopic (exact) mass is 356 g/mol. The molecule has 1 amide bonds. The first-order valence-electron chi connectivity index (χ1n) is 10.2. The highest BCUT2D eigenvalue weighted by Gasteiger charge is 2.46. The summed E-state index contributed by atoms with van der Waals surface area (Å²) in [6.07, 6.45) is 4.88. The van der Waals surface area contributed by atoms with Gasteiger partial charge in [0.2, 0.25) is 5.91 Å². The van der Waals surface area contributed by atoms with Gasteiger partial charge in [-0.2, -0.15) is 0 Å². The lowest BCUT2D eigenvalue weighted by atomic mass is 9.74. The maximum Gasteiger partial charge on any atom is 0.225 e. The zero-order valence-electron chi connectivity index (χ0n) is 16.2. The summed E-state index contributed by atoms with van der Waals surface area (Å²) < 4.78 is 0. The Morgan fingerprint density at radius 2 is 1.96 bits per heavy atom. The summed E-state index contributed by atoms with van der Waals surface area (Å²) in [5.41, 5.74) is 3.44. The Hall–Kier alpha value is -1.39. The minimum absolute atomic E-state index is 0.180. The van der Waals surface area contributed by atoms with Crippen LogP contribution in [0.3, 0.4) is 0 Å². The van der Waals surface area contributed by atoms with Crippen LogP contribution in [0.5, 0.6) is 0 Å². The van der Waals surface area contributed by atoms with Crippen molar-refractivity contribution in [3.8, 4) is 0 Å². The number of benzene rings is 1. The SMILES string of the molecule is Cc1ccc(C)c(CN2CC[C@]3(O)CCN(C(=O)C4CCC4)C[C@@H]3C2)c1. The summed E-state index contributed by atoms with van der Waals surface area (Å²) in [6, 6.07) is 6.65. The molecule has 1 N–H and O–H groups in total.